The average Bonchev–Trinajstić information content (AvgIpc) is 2.60. The van der Waals surface area contributed by atoms with E-state index in [1.54, 1.807) is 30.3 Å². The van der Waals surface area contributed by atoms with Gasteiger partial charge in [-0.1, -0.05) is 41.4 Å². The first-order valence-corrected chi connectivity index (χ1v) is 8.43. The molecule has 0 amide bonds. The number of fused-ring (bicyclic) bond motifs is 1. The summed E-state index contributed by atoms with van der Waals surface area (Å²) in [6.07, 6.45) is -0.930. The van der Waals surface area contributed by atoms with Crippen LogP contribution < -0.4 is 10.3 Å². The molecule has 130 valence electrons. The van der Waals surface area contributed by atoms with Gasteiger partial charge in [0.05, 0.1) is 22.6 Å². The second-order valence-electron chi connectivity index (χ2n) is 5.66. The number of aromatic nitrogens is 2. The van der Waals surface area contributed by atoms with Gasteiger partial charge in [0, 0.05) is 16.5 Å². The van der Waals surface area contributed by atoms with Crippen molar-refractivity contribution in [2.24, 2.45) is 0 Å². The van der Waals surface area contributed by atoms with Gasteiger partial charge in [-0.05, 0) is 25.1 Å². The zero-order valence-corrected chi connectivity index (χ0v) is 15.0. The third-order valence-corrected chi connectivity index (χ3v) is 4.31. The molecule has 25 heavy (non-hydrogen) atoms. The van der Waals surface area contributed by atoms with E-state index in [0.29, 0.717) is 21.2 Å². The van der Waals surface area contributed by atoms with Crippen molar-refractivity contribution in [2.45, 2.75) is 19.6 Å². The van der Waals surface area contributed by atoms with E-state index >= 15 is 0 Å². The van der Waals surface area contributed by atoms with Crippen molar-refractivity contribution >= 4 is 34.0 Å². The van der Waals surface area contributed by atoms with E-state index in [4.69, 9.17) is 27.9 Å². The van der Waals surface area contributed by atoms with Crippen LogP contribution in [0.2, 0.25) is 10.0 Å². The van der Waals surface area contributed by atoms with Crippen molar-refractivity contribution < 1.29 is 9.84 Å². The monoisotopic (exact) mass is 378 g/mol. The number of nitrogens with zero attached hydrogens (tertiary/aromatic N) is 2. The fourth-order valence-corrected chi connectivity index (χ4v) is 2.89. The summed E-state index contributed by atoms with van der Waals surface area (Å²) >= 11 is 11.9. The Balaban J connectivity index is 1.76. The van der Waals surface area contributed by atoms with Crippen LogP contribution in [0.5, 0.6) is 5.75 Å². The van der Waals surface area contributed by atoms with Gasteiger partial charge in [0.15, 0.2) is 0 Å². The molecule has 0 fully saturated rings. The lowest BCUT2D eigenvalue weighted by molar-refractivity contribution is 0.0881. The summed E-state index contributed by atoms with van der Waals surface area (Å²) in [5.74, 6) is 0.378. The van der Waals surface area contributed by atoms with Gasteiger partial charge >= 0.3 is 0 Å². The summed E-state index contributed by atoms with van der Waals surface area (Å²) in [5, 5.41) is 16.7. The van der Waals surface area contributed by atoms with Crippen LogP contribution in [0, 0.1) is 6.92 Å². The molecular formula is C18H16Cl2N2O3. The Kier molecular flexibility index (Phi) is 5.27. The Morgan fingerprint density at radius 2 is 1.92 bits per heavy atom. The molecule has 0 saturated heterocycles. The molecule has 0 aliphatic heterocycles. The van der Waals surface area contributed by atoms with Crippen LogP contribution in [0.15, 0.2) is 47.3 Å². The molecule has 3 aromatic rings. The Labute approximate surface area is 154 Å². The van der Waals surface area contributed by atoms with E-state index in [1.807, 2.05) is 19.1 Å². The summed E-state index contributed by atoms with van der Waals surface area (Å²) in [5.41, 5.74) is 0.474. The zero-order chi connectivity index (χ0) is 18.0. The van der Waals surface area contributed by atoms with Gasteiger partial charge in [0.2, 0.25) is 0 Å². The summed E-state index contributed by atoms with van der Waals surface area (Å²) < 4.78 is 6.75. The smallest absolute Gasteiger partial charge is 0.274 e. The Bertz CT molecular complexity index is 972. The second kappa shape index (κ2) is 7.44. The molecule has 3 rings (SSSR count). The van der Waals surface area contributed by atoms with Gasteiger partial charge < -0.3 is 9.84 Å². The lowest BCUT2D eigenvalue weighted by Crippen LogP contribution is -2.32. The van der Waals surface area contributed by atoms with Crippen molar-refractivity contribution in [3.05, 3.63) is 68.6 Å². The lowest BCUT2D eigenvalue weighted by atomic mass is 10.1. The van der Waals surface area contributed by atoms with E-state index in [1.165, 1.54) is 4.68 Å². The number of hydrogen-bond donors (Lipinski definition) is 1. The normalized spacial score (nSPS) is 12.3. The molecule has 0 aliphatic carbocycles. The van der Waals surface area contributed by atoms with Crippen molar-refractivity contribution in [1.29, 1.82) is 0 Å². The first-order chi connectivity index (χ1) is 12.0. The molecular weight excluding hydrogens is 363 g/mol. The quantitative estimate of drug-likeness (QED) is 0.738. The van der Waals surface area contributed by atoms with E-state index in [0.717, 1.165) is 11.1 Å². The number of halogens is 2. The summed E-state index contributed by atoms with van der Waals surface area (Å²) in [6, 6.07) is 12.1. The van der Waals surface area contributed by atoms with Gasteiger partial charge in [0.25, 0.3) is 5.56 Å². The number of aryl methyl sites for hydroxylation is 1. The van der Waals surface area contributed by atoms with Crippen LogP contribution >= 0.6 is 23.2 Å². The maximum atomic E-state index is 12.5. The number of hydrogen-bond acceptors (Lipinski definition) is 4. The zero-order valence-electron chi connectivity index (χ0n) is 13.4. The van der Waals surface area contributed by atoms with Gasteiger partial charge in [0.1, 0.15) is 18.5 Å². The first-order valence-electron chi connectivity index (χ1n) is 7.68. The van der Waals surface area contributed by atoms with Gasteiger partial charge in [-0.2, -0.15) is 5.10 Å². The van der Waals surface area contributed by atoms with Crippen molar-refractivity contribution in [3.63, 3.8) is 0 Å². The van der Waals surface area contributed by atoms with Gasteiger partial charge in [-0.3, -0.25) is 4.79 Å². The molecule has 7 heteroatoms. The molecule has 1 N–H and O–H groups in total. The third kappa shape index (κ3) is 3.95. The molecule has 2 aromatic carbocycles. The molecule has 1 unspecified atom stereocenters. The molecule has 5 nitrogen and oxygen atoms in total. The second-order valence-corrected chi connectivity index (χ2v) is 6.50. The molecule has 0 aliphatic rings. The van der Waals surface area contributed by atoms with E-state index in [9.17, 15) is 9.90 Å². The van der Waals surface area contributed by atoms with E-state index in [2.05, 4.69) is 5.10 Å². The Hall–Kier alpha value is -2.08. The van der Waals surface area contributed by atoms with Crippen LogP contribution in [0.1, 0.15) is 5.69 Å². The highest BCUT2D eigenvalue weighted by atomic mass is 35.5. The van der Waals surface area contributed by atoms with Crippen molar-refractivity contribution in [1.82, 2.24) is 9.78 Å². The number of ether oxygens (including phenoxy) is 1. The maximum absolute atomic E-state index is 12.5. The highest BCUT2D eigenvalue weighted by molar-refractivity contribution is 6.34. The van der Waals surface area contributed by atoms with Crippen molar-refractivity contribution in [3.8, 4) is 5.75 Å². The molecule has 0 saturated carbocycles. The van der Waals surface area contributed by atoms with Crippen LogP contribution in [-0.2, 0) is 6.54 Å². The fraction of sp³-hybridized carbons (Fsp3) is 0.222. The van der Waals surface area contributed by atoms with Crippen LogP contribution in [0.3, 0.4) is 0 Å². The maximum Gasteiger partial charge on any atom is 0.274 e. The summed E-state index contributed by atoms with van der Waals surface area (Å²) in [4.78, 5) is 12.5. The minimum atomic E-state index is -0.930. The minimum Gasteiger partial charge on any atom is -0.489 e. The van der Waals surface area contributed by atoms with Gasteiger partial charge in [-0.15, -0.1) is 0 Å². The van der Waals surface area contributed by atoms with E-state index < -0.39 is 6.10 Å². The molecule has 0 bridgehead atoms. The summed E-state index contributed by atoms with van der Waals surface area (Å²) in [6.45, 7) is 1.80. The number of benzene rings is 2. The molecule has 0 radical (unpaired) electrons. The molecule has 0 spiro atoms. The largest absolute Gasteiger partial charge is 0.489 e. The predicted octanol–water partition coefficient (Wildman–Crippen LogP) is 3.45. The number of aliphatic hydroxyl groups is 1. The SMILES string of the molecule is Cc1nn(CC(O)COc2cc(Cl)ccc2Cl)c(=O)c2ccccc12. The lowest BCUT2D eigenvalue weighted by Gasteiger charge is -2.15. The Morgan fingerprint density at radius 3 is 2.68 bits per heavy atom. The fourth-order valence-electron chi connectivity index (χ4n) is 2.55. The standard InChI is InChI=1S/C18H16Cl2N2O3/c1-11-14-4-2-3-5-15(14)18(24)22(21-11)9-13(23)10-25-17-8-12(19)6-7-16(17)20/h2-8,13,23H,9-10H2,1H3. The summed E-state index contributed by atoms with van der Waals surface area (Å²) in [7, 11) is 0. The molecule has 1 aromatic heterocycles. The number of rotatable bonds is 5. The van der Waals surface area contributed by atoms with Crippen LogP contribution in [0.4, 0.5) is 0 Å². The number of aliphatic hydroxyl groups excluding tert-OH is 1. The van der Waals surface area contributed by atoms with E-state index in [-0.39, 0.29) is 18.7 Å². The molecule has 1 atom stereocenters. The topological polar surface area (TPSA) is 64.3 Å². The first kappa shape index (κ1) is 17.7. The van der Waals surface area contributed by atoms with Crippen LogP contribution in [-0.4, -0.2) is 27.6 Å². The van der Waals surface area contributed by atoms with Gasteiger partial charge in [-0.25, -0.2) is 4.68 Å². The molecule has 1 heterocycles. The third-order valence-electron chi connectivity index (χ3n) is 3.76. The highest BCUT2D eigenvalue weighted by Crippen LogP contribution is 2.27. The Morgan fingerprint density at radius 1 is 1.20 bits per heavy atom. The van der Waals surface area contributed by atoms with Crippen molar-refractivity contribution in [2.75, 3.05) is 6.61 Å². The highest BCUT2D eigenvalue weighted by Gasteiger charge is 2.13. The van der Waals surface area contributed by atoms with Crippen LogP contribution in [0.25, 0.3) is 10.8 Å². The minimum absolute atomic E-state index is 0.0166. The average molecular weight is 379 g/mol. The predicted molar refractivity (Wildman–Crippen MR) is 98.7 cm³/mol.